The third kappa shape index (κ3) is 4.98. The predicted octanol–water partition coefficient (Wildman–Crippen LogP) is 3.61. The highest BCUT2D eigenvalue weighted by molar-refractivity contribution is 5.93. The van der Waals surface area contributed by atoms with Crippen molar-refractivity contribution in [3.63, 3.8) is 0 Å². The molecule has 2 aromatic carbocycles. The van der Waals surface area contributed by atoms with Crippen molar-refractivity contribution < 1.29 is 9.53 Å². The van der Waals surface area contributed by atoms with E-state index in [-0.39, 0.29) is 12.5 Å². The Balaban J connectivity index is 1.85. The van der Waals surface area contributed by atoms with Crippen LogP contribution in [0.3, 0.4) is 0 Å². The first-order valence-electron chi connectivity index (χ1n) is 7.11. The van der Waals surface area contributed by atoms with Crippen LogP contribution in [0.25, 0.3) is 0 Å². The van der Waals surface area contributed by atoms with Crippen LogP contribution < -0.4 is 15.4 Å². The number of aryl methyl sites for hydroxylation is 1. The van der Waals surface area contributed by atoms with Gasteiger partial charge in [0.25, 0.3) is 0 Å². The van der Waals surface area contributed by atoms with E-state index in [2.05, 4.69) is 17.2 Å². The van der Waals surface area contributed by atoms with Gasteiger partial charge in [0.1, 0.15) is 12.4 Å². The molecule has 0 aliphatic rings. The molecular weight excluding hydrogens is 276 g/mol. The van der Waals surface area contributed by atoms with Crippen molar-refractivity contribution >= 4 is 17.3 Å². The zero-order chi connectivity index (χ0) is 15.8. The van der Waals surface area contributed by atoms with E-state index in [1.807, 2.05) is 55.5 Å². The van der Waals surface area contributed by atoms with Crippen LogP contribution in [0.1, 0.15) is 5.56 Å². The van der Waals surface area contributed by atoms with Gasteiger partial charge >= 0.3 is 0 Å². The molecule has 0 spiro atoms. The van der Waals surface area contributed by atoms with Crippen molar-refractivity contribution in [1.29, 1.82) is 0 Å². The number of carbonyl (C=O) groups is 1. The van der Waals surface area contributed by atoms with Gasteiger partial charge in [-0.25, -0.2) is 0 Å². The first kappa shape index (κ1) is 15.6. The third-order valence-corrected chi connectivity index (χ3v) is 2.99. The van der Waals surface area contributed by atoms with E-state index in [0.717, 1.165) is 22.7 Å². The Morgan fingerprint density at radius 1 is 1.18 bits per heavy atom. The molecule has 2 rings (SSSR count). The Hall–Kier alpha value is -2.75. The molecule has 2 N–H and O–H groups in total. The van der Waals surface area contributed by atoms with Crippen molar-refractivity contribution in [3.05, 3.63) is 66.7 Å². The van der Waals surface area contributed by atoms with E-state index in [0.29, 0.717) is 6.61 Å². The molecule has 4 heteroatoms. The standard InChI is InChI=1S/C18H20N2O2/c1-3-11-22-17-6-4-5-16(12-17)19-13-18(21)20-15-9-7-14(2)8-10-15/h3-10,12,19H,1,11,13H2,2H3,(H,20,21). The van der Waals surface area contributed by atoms with Gasteiger partial charge in [-0.3, -0.25) is 4.79 Å². The second-order valence-corrected chi connectivity index (χ2v) is 4.90. The Morgan fingerprint density at radius 2 is 1.95 bits per heavy atom. The molecule has 0 unspecified atom stereocenters. The molecule has 0 saturated heterocycles. The molecule has 0 aromatic heterocycles. The summed E-state index contributed by atoms with van der Waals surface area (Å²) in [4.78, 5) is 11.9. The smallest absolute Gasteiger partial charge is 0.243 e. The first-order chi connectivity index (χ1) is 10.7. The maximum absolute atomic E-state index is 11.9. The highest BCUT2D eigenvalue weighted by atomic mass is 16.5. The molecule has 4 nitrogen and oxygen atoms in total. The second kappa shape index (κ2) is 7.88. The summed E-state index contributed by atoms with van der Waals surface area (Å²) in [6, 6.07) is 15.2. The first-order valence-corrected chi connectivity index (χ1v) is 7.11. The summed E-state index contributed by atoms with van der Waals surface area (Å²) in [6.07, 6.45) is 1.69. The van der Waals surface area contributed by atoms with Crippen LogP contribution in [0, 0.1) is 6.92 Å². The molecule has 22 heavy (non-hydrogen) atoms. The normalized spacial score (nSPS) is 9.86. The number of hydrogen-bond acceptors (Lipinski definition) is 3. The predicted molar refractivity (Wildman–Crippen MR) is 90.4 cm³/mol. The fourth-order valence-corrected chi connectivity index (χ4v) is 1.88. The molecule has 0 aliphatic heterocycles. The summed E-state index contributed by atoms with van der Waals surface area (Å²) in [5.74, 6) is 0.644. The third-order valence-electron chi connectivity index (χ3n) is 2.99. The molecule has 0 fully saturated rings. The Bertz CT molecular complexity index is 636. The molecule has 0 heterocycles. The van der Waals surface area contributed by atoms with Crippen LogP contribution in [-0.2, 0) is 4.79 Å². The van der Waals surface area contributed by atoms with Gasteiger partial charge in [0.15, 0.2) is 0 Å². The van der Waals surface area contributed by atoms with E-state index in [9.17, 15) is 4.79 Å². The maximum atomic E-state index is 11.9. The minimum Gasteiger partial charge on any atom is -0.489 e. The number of rotatable bonds is 7. The molecule has 0 atom stereocenters. The lowest BCUT2D eigenvalue weighted by Crippen LogP contribution is -2.21. The molecule has 2 aromatic rings. The van der Waals surface area contributed by atoms with Crippen molar-refractivity contribution in [2.45, 2.75) is 6.92 Å². The van der Waals surface area contributed by atoms with Crippen LogP contribution in [0.2, 0.25) is 0 Å². The van der Waals surface area contributed by atoms with Crippen molar-refractivity contribution in [3.8, 4) is 5.75 Å². The van der Waals surface area contributed by atoms with E-state index < -0.39 is 0 Å². The number of amides is 1. The van der Waals surface area contributed by atoms with Gasteiger partial charge in [-0.2, -0.15) is 0 Å². The SMILES string of the molecule is C=CCOc1cccc(NCC(=O)Nc2ccc(C)cc2)c1. The Kier molecular flexibility index (Phi) is 5.60. The number of nitrogens with one attached hydrogen (secondary N) is 2. The summed E-state index contributed by atoms with van der Waals surface area (Å²) in [6.45, 7) is 6.27. The van der Waals surface area contributed by atoms with Crippen LogP contribution in [0.5, 0.6) is 5.75 Å². The molecule has 0 saturated carbocycles. The minimum absolute atomic E-state index is 0.0960. The molecule has 1 amide bonds. The van der Waals surface area contributed by atoms with E-state index in [1.54, 1.807) is 6.08 Å². The Morgan fingerprint density at radius 3 is 2.68 bits per heavy atom. The summed E-state index contributed by atoms with van der Waals surface area (Å²) >= 11 is 0. The summed E-state index contributed by atoms with van der Waals surface area (Å²) in [5, 5.41) is 5.92. The summed E-state index contributed by atoms with van der Waals surface area (Å²) in [7, 11) is 0. The largest absolute Gasteiger partial charge is 0.489 e. The number of carbonyl (C=O) groups excluding carboxylic acids is 1. The number of ether oxygens (including phenoxy) is 1. The molecule has 0 aliphatic carbocycles. The van der Waals surface area contributed by atoms with Crippen molar-refractivity contribution in [2.24, 2.45) is 0 Å². The number of anilines is 2. The second-order valence-electron chi connectivity index (χ2n) is 4.90. The molecule has 0 radical (unpaired) electrons. The molecule has 0 bridgehead atoms. The summed E-state index contributed by atoms with van der Waals surface area (Å²) < 4.78 is 5.45. The lowest BCUT2D eigenvalue weighted by atomic mass is 10.2. The molecular formula is C18H20N2O2. The van der Waals surface area contributed by atoms with Gasteiger partial charge in [0.2, 0.25) is 5.91 Å². The van der Waals surface area contributed by atoms with Crippen LogP contribution in [0.4, 0.5) is 11.4 Å². The van der Waals surface area contributed by atoms with E-state index in [1.165, 1.54) is 0 Å². The highest BCUT2D eigenvalue weighted by Gasteiger charge is 2.03. The van der Waals surface area contributed by atoms with Gasteiger partial charge < -0.3 is 15.4 Å². The minimum atomic E-state index is -0.0960. The van der Waals surface area contributed by atoms with Crippen molar-refractivity contribution in [2.75, 3.05) is 23.8 Å². The van der Waals surface area contributed by atoms with Gasteiger partial charge in [0, 0.05) is 17.4 Å². The zero-order valence-electron chi connectivity index (χ0n) is 12.6. The Labute approximate surface area is 130 Å². The fraction of sp³-hybridized carbons (Fsp3) is 0.167. The van der Waals surface area contributed by atoms with Gasteiger partial charge in [-0.15, -0.1) is 0 Å². The van der Waals surface area contributed by atoms with E-state index >= 15 is 0 Å². The summed E-state index contributed by atoms with van der Waals surface area (Å²) in [5.41, 5.74) is 2.79. The average Bonchev–Trinajstić information content (AvgIpc) is 2.53. The fourth-order valence-electron chi connectivity index (χ4n) is 1.88. The lowest BCUT2D eigenvalue weighted by Gasteiger charge is -2.09. The monoisotopic (exact) mass is 296 g/mol. The van der Waals surface area contributed by atoms with E-state index in [4.69, 9.17) is 4.74 Å². The van der Waals surface area contributed by atoms with Gasteiger partial charge in [0.05, 0.1) is 6.54 Å². The maximum Gasteiger partial charge on any atom is 0.243 e. The van der Waals surface area contributed by atoms with Gasteiger partial charge in [-0.05, 0) is 31.2 Å². The van der Waals surface area contributed by atoms with Crippen LogP contribution in [-0.4, -0.2) is 19.1 Å². The van der Waals surface area contributed by atoms with Gasteiger partial charge in [-0.1, -0.05) is 36.4 Å². The lowest BCUT2D eigenvalue weighted by molar-refractivity contribution is -0.114. The average molecular weight is 296 g/mol. The van der Waals surface area contributed by atoms with Crippen LogP contribution in [0.15, 0.2) is 61.2 Å². The topological polar surface area (TPSA) is 50.4 Å². The quantitative estimate of drug-likeness (QED) is 0.767. The number of benzene rings is 2. The number of hydrogen-bond donors (Lipinski definition) is 2. The highest BCUT2D eigenvalue weighted by Crippen LogP contribution is 2.17. The van der Waals surface area contributed by atoms with Crippen molar-refractivity contribution in [1.82, 2.24) is 0 Å². The zero-order valence-corrected chi connectivity index (χ0v) is 12.6. The van der Waals surface area contributed by atoms with Crippen LogP contribution >= 0.6 is 0 Å². The molecule has 114 valence electrons.